The van der Waals surface area contributed by atoms with Crippen molar-refractivity contribution in [1.82, 2.24) is 4.90 Å². The van der Waals surface area contributed by atoms with E-state index in [-0.39, 0.29) is 0 Å². The molecule has 0 unspecified atom stereocenters. The van der Waals surface area contributed by atoms with Crippen molar-refractivity contribution in [3.8, 4) is 5.75 Å². The highest BCUT2D eigenvalue weighted by atomic mass is 16.5. The highest BCUT2D eigenvalue weighted by molar-refractivity contribution is 6.09. The van der Waals surface area contributed by atoms with E-state index in [9.17, 15) is 4.79 Å². The zero-order valence-corrected chi connectivity index (χ0v) is 20.5. The third-order valence-electron chi connectivity index (χ3n) is 5.88. The maximum atomic E-state index is 12.8. The Bertz CT molecular complexity index is 1110. The molecule has 2 aromatic rings. The van der Waals surface area contributed by atoms with Crippen LogP contribution in [0.15, 0.2) is 86.0 Å². The zero-order chi connectivity index (χ0) is 24.9. The number of hydrogen-bond donors (Lipinski definition) is 1. The second-order valence-corrected chi connectivity index (χ2v) is 8.39. The summed E-state index contributed by atoms with van der Waals surface area (Å²) in [6, 6.07) is 9.93. The average Bonchev–Trinajstić information content (AvgIpc) is 2.87. The van der Waals surface area contributed by atoms with Crippen molar-refractivity contribution in [2.45, 2.75) is 19.3 Å². The third kappa shape index (κ3) is 7.54. The number of rotatable bonds is 13. The molecule has 1 fully saturated rings. The first kappa shape index (κ1) is 26.2. The molecule has 35 heavy (non-hydrogen) atoms. The van der Waals surface area contributed by atoms with E-state index in [0.29, 0.717) is 24.3 Å². The van der Waals surface area contributed by atoms with Gasteiger partial charge in [-0.3, -0.25) is 9.69 Å². The summed E-state index contributed by atoms with van der Waals surface area (Å²) in [6.45, 7) is 12.5. The quantitative estimate of drug-likeness (QED) is 0.231. The summed E-state index contributed by atoms with van der Waals surface area (Å²) in [6.07, 6.45) is 15.9. The fourth-order valence-corrected chi connectivity index (χ4v) is 4.21. The van der Waals surface area contributed by atoms with Crippen LogP contribution in [0.4, 0.5) is 0 Å². The Kier molecular flexibility index (Phi) is 10.6. The van der Waals surface area contributed by atoms with Crippen LogP contribution in [0.5, 0.6) is 5.75 Å². The topological polar surface area (TPSA) is 64.8 Å². The number of nitrogens with zero attached hydrogens (tertiary/aromatic N) is 1. The first-order valence-corrected chi connectivity index (χ1v) is 12.2. The highest BCUT2D eigenvalue weighted by Gasteiger charge is 2.21. The number of nitrogens with two attached hydrogens (primary N) is 1. The summed E-state index contributed by atoms with van der Waals surface area (Å²) in [5.41, 5.74) is 8.11. The smallest absolute Gasteiger partial charge is 0.253 e. The second-order valence-electron chi connectivity index (χ2n) is 8.39. The number of benzene rings is 2. The highest BCUT2D eigenvalue weighted by Crippen LogP contribution is 2.37. The molecule has 1 amide bonds. The van der Waals surface area contributed by atoms with E-state index in [1.54, 1.807) is 0 Å². The minimum Gasteiger partial charge on any atom is -0.493 e. The number of carbonyl (C=O) groups excluding carboxylic acids is 1. The summed E-state index contributed by atoms with van der Waals surface area (Å²) >= 11 is 0. The standard InChI is InChI=1S/C30H36N2O3/c1-3-5-6-7-8-9-14-24(13-4-2)28-26-16-11-10-15-25(26)23-27(29(28)30(31)33)35-20-12-17-32-18-21-34-22-19-32/h3-4,6-11,14-16,23H,1-2,5,12-13,17-22H2,(H2,31,33)/b7-6+,9-8+,24-14-. The Morgan fingerprint density at radius 2 is 1.89 bits per heavy atom. The molecular weight excluding hydrogens is 436 g/mol. The Labute approximate surface area is 208 Å². The summed E-state index contributed by atoms with van der Waals surface area (Å²) in [4.78, 5) is 15.1. The lowest BCUT2D eigenvalue weighted by Gasteiger charge is -2.26. The van der Waals surface area contributed by atoms with E-state index in [1.807, 2.05) is 72.9 Å². The maximum absolute atomic E-state index is 12.8. The van der Waals surface area contributed by atoms with Crippen molar-refractivity contribution in [3.63, 3.8) is 0 Å². The van der Waals surface area contributed by atoms with E-state index in [1.165, 1.54) is 0 Å². The molecule has 5 heteroatoms. The van der Waals surface area contributed by atoms with Gasteiger partial charge in [-0.2, -0.15) is 0 Å². The monoisotopic (exact) mass is 472 g/mol. The first-order chi connectivity index (χ1) is 17.2. The molecule has 1 saturated heterocycles. The van der Waals surface area contributed by atoms with Crippen LogP contribution < -0.4 is 10.5 Å². The van der Waals surface area contributed by atoms with Gasteiger partial charge in [0, 0.05) is 25.2 Å². The second kappa shape index (κ2) is 14.1. The molecule has 2 aromatic carbocycles. The summed E-state index contributed by atoms with van der Waals surface area (Å²) < 4.78 is 11.6. The van der Waals surface area contributed by atoms with Gasteiger partial charge in [-0.15, -0.1) is 13.2 Å². The number of hydrogen-bond acceptors (Lipinski definition) is 4. The van der Waals surface area contributed by atoms with Crippen molar-refractivity contribution < 1.29 is 14.3 Å². The lowest BCUT2D eigenvalue weighted by atomic mass is 9.90. The molecule has 5 nitrogen and oxygen atoms in total. The molecule has 2 N–H and O–H groups in total. The minimum absolute atomic E-state index is 0.416. The van der Waals surface area contributed by atoms with Crippen LogP contribution in [0.2, 0.25) is 0 Å². The van der Waals surface area contributed by atoms with Gasteiger partial charge in [-0.1, -0.05) is 66.8 Å². The zero-order valence-electron chi connectivity index (χ0n) is 20.5. The number of ether oxygens (including phenoxy) is 2. The van der Waals surface area contributed by atoms with E-state index >= 15 is 0 Å². The average molecular weight is 473 g/mol. The molecule has 0 atom stereocenters. The molecule has 1 aliphatic heterocycles. The van der Waals surface area contributed by atoms with Crippen LogP contribution in [-0.2, 0) is 4.74 Å². The van der Waals surface area contributed by atoms with Gasteiger partial charge < -0.3 is 15.2 Å². The molecule has 0 aliphatic carbocycles. The van der Waals surface area contributed by atoms with Gasteiger partial charge in [0.2, 0.25) is 0 Å². The molecule has 0 saturated carbocycles. The van der Waals surface area contributed by atoms with Crippen LogP contribution in [0, 0.1) is 0 Å². The van der Waals surface area contributed by atoms with Crippen LogP contribution >= 0.6 is 0 Å². The number of carbonyl (C=O) groups is 1. The predicted octanol–water partition coefficient (Wildman–Crippen LogP) is 5.69. The first-order valence-electron chi connectivity index (χ1n) is 12.2. The fraction of sp³-hybridized carbons (Fsp3) is 0.300. The van der Waals surface area contributed by atoms with Gasteiger partial charge in [0.25, 0.3) is 5.91 Å². The molecule has 0 bridgehead atoms. The van der Waals surface area contributed by atoms with Gasteiger partial charge in [0.05, 0.1) is 25.4 Å². The Morgan fingerprint density at radius 3 is 2.63 bits per heavy atom. The van der Waals surface area contributed by atoms with Crippen molar-refractivity contribution in [2.24, 2.45) is 5.73 Å². The number of morpholine rings is 1. The lowest BCUT2D eigenvalue weighted by molar-refractivity contribution is 0.0357. The summed E-state index contributed by atoms with van der Waals surface area (Å²) in [7, 11) is 0. The van der Waals surface area contributed by atoms with Crippen LogP contribution in [0.25, 0.3) is 16.3 Å². The SMILES string of the molecule is C=CC/C=C/C=C/C=C(/CC=C)c1c(C(N)=O)c(OCCCN2CCOCC2)cc2ccccc12. The largest absolute Gasteiger partial charge is 0.493 e. The third-order valence-corrected chi connectivity index (χ3v) is 5.88. The molecule has 0 spiro atoms. The lowest BCUT2D eigenvalue weighted by Crippen LogP contribution is -2.37. The van der Waals surface area contributed by atoms with E-state index in [4.69, 9.17) is 15.2 Å². The van der Waals surface area contributed by atoms with Crippen molar-refractivity contribution >= 4 is 22.3 Å². The number of amides is 1. The fourth-order valence-electron chi connectivity index (χ4n) is 4.21. The Balaban J connectivity index is 1.94. The van der Waals surface area contributed by atoms with Crippen molar-refractivity contribution in [2.75, 3.05) is 39.5 Å². The maximum Gasteiger partial charge on any atom is 0.253 e. The Morgan fingerprint density at radius 1 is 1.09 bits per heavy atom. The Hall–Kier alpha value is -3.41. The molecular formula is C30H36N2O3. The molecule has 1 heterocycles. The summed E-state index contributed by atoms with van der Waals surface area (Å²) in [5, 5.41) is 1.96. The van der Waals surface area contributed by atoms with Crippen LogP contribution in [0.3, 0.4) is 0 Å². The van der Waals surface area contributed by atoms with E-state index < -0.39 is 5.91 Å². The molecule has 1 aliphatic rings. The molecule has 3 rings (SSSR count). The van der Waals surface area contributed by atoms with Crippen molar-refractivity contribution in [1.29, 1.82) is 0 Å². The van der Waals surface area contributed by atoms with E-state index in [0.717, 1.165) is 67.6 Å². The number of fused-ring (bicyclic) bond motifs is 1. The van der Waals surface area contributed by atoms with Gasteiger partial charge in [0.1, 0.15) is 5.75 Å². The van der Waals surface area contributed by atoms with Crippen molar-refractivity contribution in [3.05, 3.63) is 97.1 Å². The molecule has 0 radical (unpaired) electrons. The van der Waals surface area contributed by atoms with Gasteiger partial charge in [0.15, 0.2) is 0 Å². The number of allylic oxidation sites excluding steroid dienone is 8. The number of primary amides is 1. The van der Waals surface area contributed by atoms with Gasteiger partial charge >= 0.3 is 0 Å². The molecule has 184 valence electrons. The predicted molar refractivity (Wildman–Crippen MR) is 146 cm³/mol. The molecule has 0 aromatic heterocycles. The normalized spacial score (nSPS) is 15.1. The summed E-state index contributed by atoms with van der Waals surface area (Å²) in [5.74, 6) is 0.0248. The minimum atomic E-state index is -0.501. The van der Waals surface area contributed by atoms with Gasteiger partial charge in [-0.25, -0.2) is 0 Å². The van der Waals surface area contributed by atoms with Gasteiger partial charge in [-0.05, 0) is 41.7 Å². The van der Waals surface area contributed by atoms with Crippen LogP contribution in [0.1, 0.15) is 35.2 Å². The van der Waals surface area contributed by atoms with Crippen LogP contribution in [-0.4, -0.2) is 50.3 Å². The van der Waals surface area contributed by atoms with E-state index in [2.05, 4.69) is 18.1 Å².